The minimum absolute atomic E-state index is 0.208. The molecule has 0 bridgehead atoms. The van der Waals surface area contributed by atoms with Crippen LogP contribution >= 0.6 is 15.9 Å². The van der Waals surface area contributed by atoms with E-state index in [9.17, 15) is 12.8 Å². The number of hydrogen-bond acceptors (Lipinski definition) is 2. The Labute approximate surface area is 126 Å². The lowest BCUT2D eigenvalue weighted by atomic mass is 10.1. The summed E-state index contributed by atoms with van der Waals surface area (Å²) in [5, 5.41) is 0. The van der Waals surface area contributed by atoms with Gasteiger partial charge in [0.15, 0.2) is 0 Å². The van der Waals surface area contributed by atoms with Gasteiger partial charge in [-0.05, 0) is 52.2 Å². The SMILES string of the molecule is O=S(=O)(NCCc1ccc(F)cc1)c1ccccc1Br. The van der Waals surface area contributed by atoms with Crippen LogP contribution in [0.25, 0.3) is 0 Å². The zero-order valence-corrected chi connectivity index (χ0v) is 12.9. The zero-order valence-electron chi connectivity index (χ0n) is 10.5. The van der Waals surface area contributed by atoms with Gasteiger partial charge in [-0.3, -0.25) is 0 Å². The number of sulfonamides is 1. The van der Waals surface area contributed by atoms with Gasteiger partial charge in [-0.15, -0.1) is 0 Å². The minimum atomic E-state index is -3.54. The van der Waals surface area contributed by atoms with Gasteiger partial charge < -0.3 is 0 Å². The third-order valence-corrected chi connectivity index (χ3v) is 5.22. The molecule has 106 valence electrons. The normalized spacial score (nSPS) is 11.5. The van der Waals surface area contributed by atoms with Crippen molar-refractivity contribution in [2.75, 3.05) is 6.54 Å². The van der Waals surface area contributed by atoms with Crippen molar-refractivity contribution < 1.29 is 12.8 Å². The van der Waals surface area contributed by atoms with Crippen molar-refractivity contribution in [3.05, 3.63) is 64.4 Å². The van der Waals surface area contributed by atoms with E-state index in [1.165, 1.54) is 18.2 Å². The van der Waals surface area contributed by atoms with Crippen LogP contribution in [-0.2, 0) is 16.4 Å². The first-order valence-corrected chi connectivity index (χ1v) is 8.25. The van der Waals surface area contributed by atoms with Crippen LogP contribution in [0.2, 0.25) is 0 Å². The summed E-state index contributed by atoms with van der Waals surface area (Å²) < 4.78 is 40.0. The lowest BCUT2D eigenvalue weighted by Gasteiger charge is -2.08. The van der Waals surface area contributed by atoms with Crippen LogP contribution in [0.15, 0.2) is 57.9 Å². The minimum Gasteiger partial charge on any atom is -0.211 e. The summed E-state index contributed by atoms with van der Waals surface area (Å²) in [6.07, 6.45) is 0.504. The van der Waals surface area contributed by atoms with Gasteiger partial charge in [0.2, 0.25) is 10.0 Å². The zero-order chi connectivity index (χ0) is 14.6. The van der Waals surface area contributed by atoms with Gasteiger partial charge in [0.1, 0.15) is 5.82 Å². The first-order chi connectivity index (χ1) is 9.49. The van der Waals surface area contributed by atoms with Crippen molar-refractivity contribution in [3.63, 3.8) is 0 Å². The molecule has 1 N–H and O–H groups in total. The molecule has 6 heteroatoms. The highest BCUT2D eigenvalue weighted by molar-refractivity contribution is 9.10. The fraction of sp³-hybridized carbons (Fsp3) is 0.143. The Morgan fingerprint density at radius 3 is 2.35 bits per heavy atom. The fourth-order valence-electron chi connectivity index (χ4n) is 1.72. The van der Waals surface area contributed by atoms with E-state index < -0.39 is 10.0 Å². The fourth-order valence-corrected chi connectivity index (χ4v) is 3.75. The van der Waals surface area contributed by atoms with Crippen LogP contribution in [-0.4, -0.2) is 15.0 Å². The summed E-state index contributed by atoms with van der Waals surface area (Å²) in [7, 11) is -3.54. The van der Waals surface area contributed by atoms with E-state index in [2.05, 4.69) is 20.7 Å². The van der Waals surface area contributed by atoms with E-state index in [0.29, 0.717) is 10.9 Å². The molecule has 2 aromatic carbocycles. The second kappa shape index (κ2) is 6.47. The van der Waals surface area contributed by atoms with Gasteiger partial charge in [-0.1, -0.05) is 24.3 Å². The molecular formula is C14H13BrFNO2S. The molecule has 0 heterocycles. The number of rotatable bonds is 5. The topological polar surface area (TPSA) is 46.2 Å². The quantitative estimate of drug-likeness (QED) is 0.893. The molecule has 0 atom stereocenters. The van der Waals surface area contributed by atoms with Crippen LogP contribution in [0.4, 0.5) is 4.39 Å². The van der Waals surface area contributed by atoms with Crippen LogP contribution in [0.1, 0.15) is 5.56 Å². The first kappa shape index (κ1) is 15.2. The van der Waals surface area contributed by atoms with E-state index in [0.717, 1.165) is 5.56 Å². The summed E-state index contributed by atoms with van der Waals surface area (Å²) in [6, 6.07) is 12.6. The summed E-state index contributed by atoms with van der Waals surface area (Å²) in [4.78, 5) is 0.208. The smallest absolute Gasteiger partial charge is 0.211 e. The number of benzene rings is 2. The lowest BCUT2D eigenvalue weighted by molar-refractivity contribution is 0.581. The summed E-state index contributed by atoms with van der Waals surface area (Å²) in [5.41, 5.74) is 0.876. The average Bonchev–Trinajstić information content (AvgIpc) is 2.41. The molecule has 0 aliphatic rings. The molecule has 0 fully saturated rings. The molecule has 0 amide bonds. The van der Waals surface area contributed by atoms with E-state index in [4.69, 9.17) is 0 Å². The van der Waals surface area contributed by atoms with Gasteiger partial charge >= 0.3 is 0 Å². The third kappa shape index (κ3) is 3.88. The van der Waals surface area contributed by atoms with E-state index >= 15 is 0 Å². The number of halogens is 2. The highest BCUT2D eigenvalue weighted by atomic mass is 79.9. The summed E-state index contributed by atoms with van der Waals surface area (Å²) >= 11 is 3.22. The molecule has 0 spiro atoms. The van der Waals surface area contributed by atoms with Crippen molar-refractivity contribution in [2.24, 2.45) is 0 Å². The maximum absolute atomic E-state index is 12.7. The van der Waals surface area contributed by atoms with Crippen LogP contribution in [0.5, 0.6) is 0 Å². The summed E-state index contributed by atoms with van der Waals surface area (Å²) in [6.45, 7) is 0.259. The third-order valence-electron chi connectivity index (χ3n) is 2.75. The van der Waals surface area contributed by atoms with Crippen LogP contribution in [0.3, 0.4) is 0 Å². The maximum Gasteiger partial charge on any atom is 0.241 e. The van der Waals surface area contributed by atoms with Gasteiger partial charge in [0, 0.05) is 11.0 Å². The van der Waals surface area contributed by atoms with Crippen molar-refractivity contribution >= 4 is 26.0 Å². The van der Waals surface area contributed by atoms with Crippen molar-refractivity contribution in [2.45, 2.75) is 11.3 Å². The molecule has 20 heavy (non-hydrogen) atoms. The Morgan fingerprint density at radius 1 is 1.05 bits per heavy atom. The molecule has 3 nitrogen and oxygen atoms in total. The molecule has 0 saturated heterocycles. The summed E-state index contributed by atoms with van der Waals surface area (Å²) in [5.74, 6) is -0.303. The average molecular weight is 358 g/mol. The number of hydrogen-bond donors (Lipinski definition) is 1. The molecule has 0 unspecified atom stereocenters. The molecule has 0 radical (unpaired) electrons. The Kier molecular flexibility index (Phi) is 4.91. The number of nitrogens with one attached hydrogen (secondary N) is 1. The van der Waals surface area contributed by atoms with Crippen molar-refractivity contribution in [1.29, 1.82) is 0 Å². The first-order valence-electron chi connectivity index (χ1n) is 5.98. The maximum atomic E-state index is 12.7. The van der Waals surface area contributed by atoms with E-state index in [1.54, 1.807) is 30.3 Å². The molecule has 0 aliphatic heterocycles. The largest absolute Gasteiger partial charge is 0.241 e. The van der Waals surface area contributed by atoms with Crippen molar-refractivity contribution in [3.8, 4) is 0 Å². The molecular weight excluding hydrogens is 345 g/mol. The Bertz CT molecular complexity index is 687. The molecule has 2 rings (SSSR count). The predicted molar refractivity (Wildman–Crippen MR) is 79.4 cm³/mol. The van der Waals surface area contributed by atoms with Crippen LogP contribution in [0, 0.1) is 5.82 Å². The standard InChI is InChI=1S/C14H13BrFNO2S/c15-13-3-1-2-4-14(13)20(18,19)17-10-9-11-5-7-12(16)8-6-11/h1-8,17H,9-10H2. The van der Waals surface area contributed by atoms with Gasteiger partial charge in [-0.2, -0.15) is 0 Å². The second-order valence-electron chi connectivity index (χ2n) is 4.20. The van der Waals surface area contributed by atoms with E-state index in [-0.39, 0.29) is 17.3 Å². The highest BCUT2D eigenvalue weighted by Gasteiger charge is 2.16. The van der Waals surface area contributed by atoms with E-state index in [1.807, 2.05) is 0 Å². The second-order valence-corrected chi connectivity index (χ2v) is 6.79. The van der Waals surface area contributed by atoms with Gasteiger partial charge in [0.25, 0.3) is 0 Å². The van der Waals surface area contributed by atoms with Crippen LogP contribution < -0.4 is 4.72 Å². The predicted octanol–water partition coefficient (Wildman–Crippen LogP) is 3.11. The van der Waals surface area contributed by atoms with Gasteiger partial charge in [0.05, 0.1) is 4.90 Å². The highest BCUT2D eigenvalue weighted by Crippen LogP contribution is 2.20. The molecule has 2 aromatic rings. The Hall–Kier alpha value is -1.24. The Balaban J connectivity index is 2.00. The lowest BCUT2D eigenvalue weighted by Crippen LogP contribution is -2.26. The molecule has 0 saturated carbocycles. The van der Waals surface area contributed by atoms with Gasteiger partial charge in [-0.25, -0.2) is 17.5 Å². The Morgan fingerprint density at radius 2 is 1.70 bits per heavy atom. The molecule has 0 aliphatic carbocycles. The molecule has 0 aromatic heterocycles. The monoisotopic (exact) mass is 357 g/mol. The van der Waals surface area contributed by atoms with Crippen molar-refractivity contribution in [1.82, 2.24) is 4.72 Å².